The Labute approximate surface area is 196 Å². The number of aromatic nitrogens is 3. The molecule has 8 nitrogen and oxygen atoms in total. The predicted molar refractivity (Wildman–Crippen MR) is 119 cm³/mol. The van der Waals surface area contributed by atoms with E-state index in [0.717, 1.165) is 0 Å². The molecule has 0 aliphatic carbocycles. The summed E-state index contributed by atoms with van der Waals surface area (Å²) >= 11 is 0. The summed E-state index contributed by atoms with van der Waals surface area (Å²) in [4.78, 5) is 20.9. The van der Waals surface area contributed by atoms with Crippen molar-refractivity contribution in [3.05, 3.63) is 60.0 Å². The number of pyridine rings is 1. The van der Waals surface area contributed by atoms with Gasteiger partial charge in [0.25, 0.3) is 5.89 Å². The highest BCUT2D eigenvalue weighted by Gasteiger charge is 2.34. The molecule has 0 radical (unpaired) electrons. The molecule has 180 valence electrons. The van der Waals surface area contributed by atoms with Gasteiger partial charge in [-0.1, -0.05) is 0 Å². The molecule has 0 spiro atoms. The molecular formula is C22H22F3N5O3S. The van der Waals surface area contributed by atoms with Crippen LogP contribution in [0, 0.1) is 5.82 Å². The summed E-state index contributed by atoms with van der Waals surface area (Å²) in [5, 5.41) is 6.55. The fourth-order valence-corrected chi connectivity index (χ4v) is 5.15. The van der Waals surface area contributed by atoms with E-state index in [4.69, 9.17) is 4.42 Å². The fourth-order valence-electron chi connectivity index (χ4n) is 3.70. The van der Waals surface area contributed by atoms with E-state index in [1.807, 2.05) is 13.8 Å². The number of carbonyl (C=O) groups is 1. The molecule has 4 rings (SSSR count). The van der Waals surface area contributed by atoms with Gasteiger partial charge in [-0.05, 0) is 50.2 Å². The maximum absolute atomic E-state index is 13.5. The molecule has 12 heteroatoms. The van der Waals surface area contributed by atoms with E-state index < -0.39 is 28.9 Å². The first-order valence-corrected chi connectivity index (χ1v) is 11.8. The smallest absolute Gasteiger partial charge is 0.324 e. The van der Waals surface area contributed by atoms with Gasteiger partial charge in [-0.2, -0.15) is 8.78 Å². The molecule has 1 saturated heterocycles. The van der Waals surface area contributed by atoms with Gasteiger partial charge >= 0.3 is 12.5 Å². The van der Waals surface area contributed by atoms with Crippen LogP contribution in [0.4, 0.5) is 23.7 Å². The van der Waals surface area contributed by atoms with Gasteiger partial charge in [-0.15, -0.1) is 10.2 Å². The summed E-state index contributed by atoms with van der Waals surface area (Å²) in [5.41, 5.74) is 1.32. The standard InChI is InChI=1S/C22H22F3N5O3S/c1-13-10-29(11-14(2)34(13)32)22(31)30(18-7-4-16(23)5-8-18)12-17-6-3-15(9-26-17)20-27-28-21(33-20)19(24)25/h3-9,13-14,19H,10-12H2,1-2H3. The number of urea groups is 1. The van der Waals surface area contributed by atoms with Crippen LogP contribution in [0.1, 0.15) is 31.9 Å². The molecule has 2 unspecified atom stereocenters. The third-order valence-corrected chi connectivity index (χ3v) is 7.29. The van der Waals surface area contributed by atoms with Crippen molar-refractivity contribution in [1.29, 1.82) is 0 Å². The van der Waals surface area contributed by atoms with Crippen molar-refractivity contribution in [1.82, 2.24) is 20.1 Å². The molecule has 1 aliphatic heterocycles. The third-order valence-electron chi connectivity index (χ3n) is 5.41. The zero-order chi connectivity index (χ0) is 24.4. The second kappa shape index (κ2) is 9.92. The molecule has 0 N–H and O–H groups in total. The SMILES string of the molecule is CC1CN(C(=O)N(Cc2ccc(-c3nnc(C(F)F)o3)cn2)c2ccc(F)cc2)CC(C)S1=O. The van der Waals surface area contributed by atoms with Gasteiger partial charge in [-0.25, -0.2) is 9.18 Å². The van der Waals surface area contributed by atoms with Crippen molar-refractivity contribution in [2.24, 2.45) is 0 Å². The topological polar surface area (TPSA) is 92.4 Å². The molecular weight excluding hydrogens is 471 g/mol. The van der Waals surface area contributed by atoms with E-state index in [0.29, 0.717) is 30.0 Å². The summed E-state index contributed by atoms with van der Waals surface area (Å²) in [5.74, 6) is -1.31. The van der Waals surface area contributed by atoms with Crippen LogP contribution in [0.15, 0.2) is 47.0 Å². The summed E-state index contributed by atoms with van der Waals surface area (Å²) in [6.07, 6.45) is -1.49. The van der Waals surface area contributed by atoms with E-state index >= 15 is 0 Å². The van der Waals surface area contributed by atoms with Crippen LogP contribution in [-0.4, -0.2) is 53.9 Å². The summed E-state index contributed by atoms with van der Waals surface area (Å²) in [7, 11) is -1.03. The molecule has 3 aromatic rings. The molecule has 34 heavy (non-hydrogen) atoms. The Morgan fingerprint density at radius 1 is 1.15 bits per heavy atom. The van der Waals surface area contributed by atoms with Crippen LogP contribution in [0.3, 0.4) is 0 Å². The van der Waals surface area contributed by atoms with Gasteiger partial charge in [0, 0.05) is 46.3 Å². The van der Waals surface area contributed by atoms with Crippen molar-refractivity contribution in [3.63, 3.8) is 0 Å². The first kappa shape index (κ1) is 23.9. The maximum Gasteiger partial charge on any atom is 0.324 e. The molecule has 0 saturated carbocycles. The second-order valence-electron chi connectivity index (χ2n) is 7.98. The Bertz CT molecular complexity index is 1160. The monoisotopic (exact) mass is 493 g/mol. The average Bonchev–Trinajstić information content (AvgIpc) is 3.32. The van der Waals surface area contributed by atoms with Gasteiger partial charge in [0.1, 0.15) is 5.82 Å². The summed E-state index contributed by atoms with van der Waals surface area (Å²) in [6.45, 7) is 4.42. The number of nitrogens with zero attached hydrogens (tertiary/aromatic N) is 5. The lowest BCUT2D eigenvalue weighted by Crippen LogP contribution is -2.53. The first-order chi connectivity index (χ1) is 16.2. The minimum atomic E-state index is -2.87. The van der Waals surface area contributed by atoms with Crippen LogP contribution >= 0.6 is 0 Å². The number of hydrogen-bond donors (Lipinski definition) is 0. The van der Waals surface area contributed by atoms with Gasteiger partial charge in [-0.3, -0.25) is 14.1 Å². The van der Waals surface area contributed by atoms with Crippen LogP contribution in [0.25, 0.3) is 11.5 Å². The highest BCUT2D eigenvalue weighted by molar-refractivity contribution is 7.86. The fraction of sp³-hybridized carbons (Fsp3) is 0.364. The lowest BCUT2D eigenvalue weighted by Gasteiger charge is -2.37. The number of benzene rings is 1. The molecule has 2 aromatic heterocycles. The zero-order valence-electron chi connectivity index (χ0n) is 18.4. The number of halogens is 3. The molecule has 1 aliphatic rings. The number of amides is 2. The van der Waals surface area contributed by atoms with E-state index in [1.54, 1.807) is 17.0 Å². The number of hydrogen-bond acceptors (Lipinski definition) is 6. The Morgan fingerprint density at radius 2 is 1.82 bits per heavy atom. The molecule has 3 heterocycles. The number of anilines is 1. The van der Waals surface area contributed by atoms with Crippen molar-refractivity contribution in [3.8, 4) is 11.5 Å². The lowest BCUT2D eigenvalue weighted by atomic mass is 10.2. The minimum absolute atomic E-state index is 0.0687. The van der Waals surface area contributed by atoms with Crippen molar-refractivity contribution >= 4 is 22.5 Å². The average molecular weight is 494 g/mol. The Balaban J connectivity index is 1.57. The van der Waals surface area contributed by atoms with Crippen LogP contribution < -0.4 is 4.90 Å². The zero-order valence-corrected chi connectivity index (χ0v) is 19.2. The van der Waals surface area contributed by atoms with E-state index in [2.05, 4.69) is 15.2 Å². The maximum atomic E-state index is 13.5. The van der Waals surface area contributed by atoms with Crippen LogP contribution in [0.5, 0.6) is 0 Å². The molecule has 1 aromatic carbocycles. The third kappa shape index (κ3) is 5.11. The largest absolute Gasteiger partial charge is 0.415 e. The Kier molecular flexibility index (Phi) is 6.96. The van der Waals surface area contributed by atoms with Gasteiger partial charge in [0.15, 0.2) is 0 Å². The first-order valence-electron chi connectivity index (χ1n) is 10.5. The van der Waals surface area contributed by atoms with Crippen LogP contribution in [0.2, 0.25) is 0 Å². The van der Waals surface area contributed by atoms with E-state index in [1.165, 1.54) is 35.4 Å². The molecule has 2 amide bonds. The van der Waals surface area contributed by atoms with Gasteiger partial charge in [0.2, 0.25) is 5.89 Å². The Hall–Kier alpha value is -3.28. The minimum Gasteiger partial charge on any atom is -0.415 e. The number of carbonyl (C=O) groups excluding carboxylic acids is 1. The van der Waals surface area contributed by atoms with Gasteiger partial charge < -0.3 is 9.32 Å². The van der Waals surface area contributed by atoms with Crippen LogP contribution in [-0.2, 0) is 17.3 Å². The Morgan fingerprint density at radius 3 is 2.38 bits per heavy atom. The molecule has 2 atom stereocenters. The summed E-state index contributed by atoms with van der Waals surface area (Å²) < 4.78 is 56.1. The van der Waals surface area contributed by atoms with E-state index in [-0.39, 0.29) is 29.0 Å². The number of rotatable bonds is 5. The van der Waals surface area contributed by atoms with Crippen molar-refractivity contribution in [2.45, 2.75) is 37.3 Å². The molecule has 1 fully saturated rings. The molecule has 0 bridgehead atoms. The highest BCUT2D eigenvalue weighted by Crippen LogP contribution is 2.25. The van der Waals surface area contributed by atoms with E-state index in [9.17, 15) is 22.2 Å². The normalized spacial score (nSPS) is 20.5. The van der Waals surface area contributed by atoms with Crippen molar-refractivity contribution < 1.29 is 26.6 Å². The predicted octanol–water partition coefficient (Wildman–Crippen LogP) is 4.18. The second-order valence-corrected chi connectivity index (χ2v) is 10.3. The summed E-state index contributed by atoms with van der Waals surface area (Å²) in [6, 6.07) is 8.40. The quantitative estimate of drug-likeness (QED) is 0.530. The van der Waals surface area contributed by atoms with Crippen molar-refractivity contribution in [2.75, 3.05) is 18.0 Å². The highest BCUT2D eigenvalue weighted by atomic mass is 32.2. The lowest BCUT2D eigenvalue weighted by molar-refractivity contribution is 0.116. The number of alkyl halides is 2. The van der Waals surface area contributed by atoms with Gasteiger partial charge in [0.05, 0.1) is 17.8 Å².